The first-order valence-corrected chi connectivity index (χ1v) is 54.5. The Kier molecular flexibility index (Phi) is 35.0. The van der Waals surface area contributed by atoms with Crippen LogP contribution in [0.5, 0.6) is 0 Å². The van der Waals surface area contributed by atoms with E-state index < -0.39 is 227 Å². The molecule has 4 aliphatic carbocycles. The number of Topliss-reactive ketones (excluding diaryl/α,β-unsaturated/α-hetero) is 2. The summed E-state index contributed by atoms with van der Waals surface area (Å²) in [7, 11) is -21.4. The van der Waals surface area contributed by atoms with Crippen molar-refractivity contribution >= 4 is 155 Å². The number of carbonyl (C=O) groups is 2. The minimum atomic E-state index is -5.07. The van der Waals surface area contributed by atoms with E-state index in [2.05, 4.69) is 96.0 Å². The van der Waals surface area contributed by atoms with Gasteiger partial charge in [-0.15, -0.1) is 3.71 Å². The van der Waals surface area contributed by atoms with E-state index in [1.54, 1.807) is 13.8 Å². The number of hydrogen-bond donors (Lipinski definition) is 1. The number of anilines is 2. The van der Waals surface area contributed by atoms with Gasteiger partial charge in [0.15, 0.2) is 42.9 Å². The van der Waals surface area contributed by atoms with Crippen LogP contribution in [0.25, 0.3) is 44.1 Å². The summed E-state index contributed by atoms with van der Waals surface area (Å²) in [6, 6.07) is 15.2. The molecule has 4 aliphatic rings. The number of halogens is 18. The number of nitrogens with zero attached hydrogens (tertiary/aromatic N) is 11. The summed E-state index contributed by atoms with van der Waals surface area (Å²) in [5.74, 6) is -8.06. The minimum Gasteiger partial charge on any atom is -0.870 e. The van der Waals surface area contributed by atoms with Gasteiger partial charge in [0.25, 0.3) is 11.8 Å². The molecule has 0 bridgehead atoms. The molecule has 25 nitrogen and oxygen atoms in total. The number of ketones is 2. The SMILES string of the molecule is C.C.Cc1nn(CC(=O)C[C@@H](Cc2cc(F)cc(F)c2)c2nc(C#CC(C)(C)S(C)(=O)=O)ccc2-c2ccc(Cl)c3c(N(S(C)(=O)=O)S(C)(=O)=O)nn(CC(F)(F)F)c23)c2c1[C@H]1C[C@H]1C2(F)F.Cc1nn(CC(=O)C[C@@H](Cc2cc(F)cc(F)c2)c2nc(C#CC(C)(C)S(C)(=O)=O)ccc2-c2ccc(Cl)c3c(NS(C)(=O)=O)nn(CC(F)(F)F)c23)c2c1[C@H]1C[C@H]1C2(F)F.II.[Na+].[Na+].[OH-]. The largest absolute Gasteiger partial charge is 1.00 e. The molecule has 0 spiro atoms. The van der Waals surface area contributed by atoms with Crippen molar-refractivity contribution in [2.45, 2.75) is 178 Å². The fourth-order valence-corrected chi connectivity index (χ4v) is 20.3. The van der Waals surface area contributed by atoms with Gasteiger partial charge in [-0.05, 0) is 163 Å². The van der Waals surface area contributed by atoms with Crippen LogP contribution in [0.15, 0.2) is 84.9 Å². The molecule has 10 aromatic rings. The molecule has 14 rings (SSSR count). The van der Waals surface area contributed by atoms with Crippen LogP contribution < -0.4 is 67.5 Å². The molecular weight excluding hydrogens is 2170 g/mol. The number of nitrogens with one attached hydrogen (secondary N) is 1. The smallest absolute Gasteiger partial charge is 0.870 e. The molecule has 0 aliphatic heterocycles. The Bertz CT molecular complexity index is 6960. The zero-order valence-corrected chi connectivity index (χ0v) is 85.1. The Labute approximate surface area is 835 Å². The summed E-state index contributed by atoms with van der Waals surface area (Å²) in [6.45, 7) is 3.44. The van der Waals surface area contributed by atoms with Crippen molar-refractivity contribution in [3.8, 4) is 45.9 Å². The second-order valence-corrected chi connectivity index (χ2v) is 44.4. The molecule has 0 unspecified atom stereocenters. The zero-order chi connectivity index (χ0) is 94.9. The van der Waals surface area contributed by atoms with Crippen LogP contribution in [0.2, 0.25) is 10.0 Å². The molecule has 0 saturated heterocycles. The van der Waals surface area contributed by atoms with Crippen LogP contribution >= 0.6 is 60.4 Å². The Morgan fingerprint density at radius 1 is 0.526 bits per heavy atom. The normalized spacial score (nSPS) is 16.8. The van der Waals surface area contributed by atoms with Crippen molar-refractivity contribution in [3.05, 3.63) is 186 Å². The van der Waals surface area contributed by atoms with Crippen LogP contribution in [-0.4, -0.2) is 161 Å². The summed E-state index contributed by atoms with van der Waals surface area (Å²) in [6.07, 6.45) is -7.74. The van der Waals surface area contributed by atoms with Gasteiger partial charge in [-0.25, -0.2) is 69.6 Å². The average Bonchev–Trinajstić information content (AvgIpc) is 1.52. The summed E-state index contributed by atoms with van der Waals surface area (Å²) in [5, 5.41) is 14.8. The molecule has 6 heterocycles. The van der Waals surface area contributed by atoms with Gasteiger partial charge in [-0.1, -0.05) is 62.0 Å². The molecular formula is C83H83Cl2F14I2N12Na2O13S5+. The van der Waals surface area contributed by atoms with Crippen molar-refractivity contribution in [1.82, 2.24) is 49.1 Å². The number of aryl methyl sites for hydroxylation is 2. The minimum absolute atomic E-state index is 0. The number of aromatic nitrogens is 10. The molecule has 50 heteroatoms. The topological polar surface area (TPSA) is 347 Å². The first-order valence-electron chi connectivity index (χ1n) is 38.1. The quantitative estimate of drug-likeness (QED) is 0.0240. The molecule has 2 saturated carbocycles. The number of carbonyl (C=O) groups excluding carboxylic acids is 2. The van der Waals surface area contributed by atoms with Crippen LogP contribution in [0.1, 0.15) is 160 Å². The van der Waals surface area contributed by atoms with Crippen molar-refractivity contribution in [2.75, 3.05) is 39.7 Å². The number of alkyl halides is 10. The maximum absolute atomic E-state index is 15.5. The third-order valence-electron chi connectivity index (χ3n) is 22.1. The predicted octanol–water partition coefficient (Wildman–Crippen LogP) is 11.9. The van der Waals surface area contributed by atoms with Crippen LogP contribution in [0.3, 0.4) is 0 Å². The Morgan fingerprint density at radius 2 is 0.865 bits per heavy atom. The van der Waals surface area contributed by atoms with Gasteiger partial charge in [0.1, 0.15) is 81.7 Å². The second kappa shape index (κ2) is 41.0. The zero-order valence-electron chi connectivity index (χ0n) is 71.2. The maximum atomic E-state index is 15.5. The summed E-state index contributed by atoms with van der Waals surface area (Å²) in [4.78, 5) is 37.7. The molecule has 2 fully saturated rings. The molecule has 4 aromatic carbocycles. The van der Waals surface area contributed by atoms with Gasteiger partial charge in [0, 0.05) is 132 Å². The number of hydrogen-bond acceptors (Lipinski definition) is 19. The van der Waals surface area contributed by atoms with E-state index in [9.17, 15) is 95.6 Å². The molecule has 710 valence electrons. The van der Waals surface area contributed by atoms with Crippen molar-refractivity contribution in [2.24, 2.45) is 11.8 Å². The first kappa shape index (κ1) is 113. The van der Waals surface area contributed by atoms with Crippen molar-refractivity contribution < 1.29 is 178 Å². The first-order chi connectivity index (χ1) is 58.9. The maximum Gasteiger partial charge on any atom is 1.00 e. The van der Waals surface area contributed by atoms with Crippen molar-refractivity contribution in [3.63, 3.8) is 0 Å². The monoisotopic (exact) mass is 2250 g/mol. The molecule has 133 heavy (non-hydrogen) atoms. The standard InChI is InChI=1S/C41H38ClF7N6O7S3.C40H36ClF7N6O5S2.2CH4.I2.2Na.H2O/c1-21-33-30-18-31(30)41(48,49)37(33)53(51-21)19-27(56)16-23(13-22-14-24(43)17-25(44)15-22)35-28(8-7-26(50-35)11-12-39(2,3)63(4,57)58)29-9-10-32(42)34-36(29)54(20-40(45,46)47)52-38(34)55(64(5,59)60)65(6,61)62;1-20-32-29-17-30(29)40(47,48)36(32)53(50-20)18-26(55)15-22(12-21-13-23(42)16-24(43)14-21)34-27(7-6-25(49-34)10-11-38(2,3)60(4,56)57)28-8-9-31(41)33-35(28)54(19-39(44,45)46)51-37(33)52-61(5,58)59;;;1-2;;;/h7-10,14-15,17,23,30-31H,13,16,18-20H2,1-6H3;6-9,13-14,16,22,29-30H,12,15,17-19H2,1-5H3,(H,51,52);2*1H4;;;;1H2/q;;;;;2*+1;/p-1/t23-,30+,31-;22-,29+,30-;;;;;;/m11....../s1. The molecule has 0 amide bonds. The number of rotatable bonds is 25. The summed E-state index contributed by atoms with van der Waals surface area (Å²) in [5.41, 5.74) is -1.24. The van der Waals surface area contributed by atoms with Gasteiger partial charge in [-0.3, -0.25) is 33.0 Å². The molecule has 0 radical (unpaired) electrons. The van der Waals surface area contributed by atoms with Crippen molar-refractivity contribution in [1.29, 1.82) is 0 Å². The number of fused-ring (bicyclic) bond motifs is 8. The molecule has 6 atom stereocenters. The molecule has 2 N–H and O–H groups in total. The van der Waals surface area contributed by atoms with E-state index in [1.165, 1.54) is 70.2 Å². The van der Waals surface area contributed by atoms with E-state index in [4.69, 9.17) is 23.2 Å². The third-order valence-corrected chi connectivity index (χ3v) is 30.3. The number of pyridine rings is 2. The number of sulfone groups is 2. The Morgan fingerprint density at radius 3 is 1.20 bits per heavy atom. The van der Waals surface area contributed by atoms with Gasteiger partial charge in [-0.2, -0.15) is 64.3 Å². The number of sulfonamides is 3. The van der Waals surface area contributed by atoms with Gasteiger partial charge in [0.2, 0.25) is 30.1 Å². The Hall–Kier alpha value is -6.63. The van der Waals surface area contributed by atoms with Crippen LogP contribution in [-0.2, 0) is 110 Å². The van der Waals surface area contributed by atoms with Gasteiger partial charge in [0.05, 0.1) is 73.4 Å². The van der Waals surface area contributed by atoms with E-state index in [-0.39, 0.29) is 191 Å². The van der Waals surface area contributed by atoms with E-state index in [0.717, 1.165) is 58.5 Å². The van der Waals surface area contributed by atoms with E-state index in [0.29, 0.717) is 51.8 Å². The van der Waals surface area contributed by atoms with Gasteiger partial charge >= 0.3 is 71.5 Å². The van der Waals surface area contributed by atoms with E-state index >= 15 is 17.6 Å². The molecule has 6 aromatic heterocycles. The fourth-order valence-electron chi connectivity index (χ4n) is 16.0. The Balaban J connectivity index is 0.000000344. The predicted molar refractivity (Wildman–Crippen MR) is 482 cm³/mol. The summed E-state index contributed by atoms with van der Waals surface area (Å²) < 4.78 is 334. The summed E-state index contributed by atoms with van der Waals surface area (Å²) >= 11 is 17.3. The van der Waals surface area contributed by atoms with E-state index in [1.807, 2.05) is 0 Å². The van der Waals surface area contributed by atoms with Gasteiger partial charge < -0.3 is 5.48 Å². The van der Waals surface area contributed by atoms with Crippen LogP contribution in [0.4, 0.5) is 73.1 Å². The third kappa shape index (κ3) is 24.6. The second-order valence-electron chi connectivity index (χ2n) is 32.8. The van der Waals surface area contributed by atoms with Crippen LogP contribution in [0, 0.1) is 72.6 Å². The number of benzene rings is 4. The average molecular weight is 2250 g/mol. The fraction of sp³-hybridized carbons (Fsp3) is 0.422.